The van der Waals surface area contributed by atoms with E-state index in [1.54, 1.807) is 0 Å². The van der Waals surface area contributed by atoms with Crippen molar-refractivity contribution in [1.29, 1.82) is 0 Å². The predicted molar refractivity (Wildman–Crippen MR) is 90.0 cm³/mol. The van der Waals surface area contributed by atoms with Crippen LogP contribution in [-0.4, -0.2) is 25.6 Å². The maximum Gasteiger partial charge on any atom is 0.165 e. The Balaban J connectivity index is 2.30. The molecule has 2 aromatic carbocycles. The van der Waals surface area contributed by atoms with E-state index in [1.165, 1.54) is 0 Å². The van der Waals surface area contributed by atoms with Crippen LogP contribution in [0.1, 0.15) is 22.3 Å². The smallest absolute Gasteiger partial charge is 0.165 e. The van der Waals surface area contributed by atoms with Crippen LogP contribution in [0.5, 0.6) is 0 Å². The molecule has 0 radical (unpaired) electrons. The number of ether oxygens (including phenoxy) is 1. The highest BCUT2D eigenvalue weighted by Crippen LogP contribution is 2.28. The zero-order valence-electron chi connectivity index (χ0n) is 16.2. The highest BCUT2D eigenvalue weighted by atomic mass is 19.2. The first-order valence-electron chi connectivity index (χ1n) is 8.86. The zero-order chi connectivity index (χ0) is 23.6. The molecule has 0 heterocycles. The Morgan fingerprint density at radius 3 is 1.00 bits per heavy atom. The molecule has 2 rings (SSSR count). The standard InChI is InChI=1S/C20H16F10O/c1-7-13(23)17(27)11(18(28)14(7)24)3-9(5-21)31-10(6-22)4-12-19(29)15(25)8(2)16(26)20(12)30/h9-10H,3-6H2,1-2H3. The van der Waals surface area contributed by atoms with Crippen LogP contribution in [-0.2, 0) is 17.6 Å². The van der Waals surface area contributed by atoms with E-state index in [4.69, 9.17) is 4.74 Å². The summed E-state index contributed by atoms with van der Waals surface area (Å²) in [5.41, 5.74) is -4.34. The average molecular weight is 462 g/mol. The Bertz CT molecular complexity index is 840. The predicted octanol–water partition coefficient (Wildman–Crippen LogP) is 5.89. The van der Waals surface area contributed by atoms with Crippen LogP contribution >= 0.6 is 0 Å². The third kappa shape index (κ3) is 4.81. The normalized spacial score (nSPS) is 13.5. The molecular weight excluding hydrogens is 446 g/mol. The second-order valence-electron chi connectivity index (χ2n) is 6.82. The van der Waals surface area contributed by atoms with E-state index in [2.05, 4.69) is 0 Å². The molecule has 2 unspecified atom stereocenters. The maximum absolute atomic E-state index is 14.0. The van der Waals surface area contributed by atoms with E-state index in [0.717, 1.165) is 13.8 Å². The van der Waals surface area contributed by atoms with Crippen LogP contribution in [0.2, 0.25) is 0 Å². The monoisotopic (exact) mass is 462 g/mol. The molecule has 2 aromatic rings. The molecule has 0 bridgehead atoms. The first kappa shape index (κ1) is 25.0. The Morgan fingerprint density at radius 2 is 0.774 bits per heavy atom. The summed E-state index contributed by atoms with van der Waals surface area (Å²) in [5.74, 6) is -14.1. The molecule has 31 heavy (non-hydrogen) atoms. The zero-order valence-corrected chi connectivity index (χ0v) is 16.2. The molecule has 0 amide bonds. The summed E-state index contributed by atoms with van der Waals surface area (Å²) in [7, 11) is 0. The second kappa shape index (κ2) is 9.88. The summed E-state index contributed by atoms with van der Waals surface area (Å²) in [5, 5.41) is 0. The van der Waals surface area contributed by atoms with E-state index in [1.807, 2.05) is 0 Å². The first-order chi connectivity index (χ1) is 14.5. The lowest BCUT2D eigenvalue weighted by Crippen LogP contribution is -2.30. The van der Waals surface area contributed by atoms with Crippen LogP contribution < -0.4 is 0 Å². The number of halogens is 10. The van der Waals surface area contributed by atoms with Gasteiger partial charge in [-0.15, -0.1) is 0 Å². The molecule has 0 saturated heterocycles. The molecule has 172 valence electrons. The minimum absolute atomic E-state index is 0.770. The summed E-state index contributed by atoms with van der Waals surface area (Å²) in [6.07, 6.45) is -5.98. The largest absolute Gasteiger partial charge is 0.369 e. The highest BCUT2D eigenvalue weighted by Gasteiger charge is 2.29. The number of rotatable bonds is 8. The molecule has 0 aromatic heterocycles. The van der Waals surface area contributed by atoms with Crippen LogP contribution in [0.4, 0.5) is 43.9 Å². The van der Waals surface area contributed by atoms with Gasteiger partial charge in [0.1, 0.15) is 13.3 Å². The van der Waals surface area contributed by atoms with Crippen molar-refractivity contribution in [2.75, 3.05) is 13.3 Å². The van der Waals surface area contributed by atoms with Gasteiger partial charge in [-0.2, -0.15) is 0 Å². The van der Waals surface area contributed by atoms with Crippen molar-refractivity contribution in [1.82, 2.24) is 0 Å². The van der Waals surface area contributed by atoms with Crippen molar-refractivity contribution in [2.45, 2.75) is 38.9 Å². The first-order valence-corrected chi connectivity index (χ1v) is 8.86. The summed E-state index contributed by atoms with van der Waals surface area (Å²) in [6, 6.07) is 0. The summed E-state index contributed by atoms with van der Waals surface area (Å²) in [4.78, 5) is 0. The molecule has 0 aliphatic rings. The molecular formula is C20H16F10O. The Kier molecular flexibility index (Phi) is 7.96. The summed E-state index contributed by atoms with van der Waals surface area (Å²) < 4.78 is 142. The van der Waals surface area contributed by atoms with Crippen molar-refractivity contribution in [3.63, 3.8) is 0 Å². The minimum atomic E-state index is -1.89. The Labute approximate surface area is 170 Å². The van der Waals surface area contributed by atoms with E-state index in [0.29, 0.717) is 0 Å². The van der Waals surface area contributed by atoms with Crippen molar-refractivity contribution in [3.8, 4) is 0 Å². The van der Waals surface area contributed by atoms with Crippen molar-refractivity contribution < 1.29 is 48.6 Å². The number of benzene rings is 2. The van der Waals surface area contributed by atoms with Crippen LogP contribution in [0, 0.1) is 60.4 Å². The van der Waals surface area contributed by atoms with E-state index >= 15 is 0 Å². The molecule has 11 heteroatoms. The number of hydrogen-bond acceptors (Lipinski definition) is 1. The lowest BCUT2D eigenvalue weighted by atomic mass is 10.0. The van der Waals surface area contributed by atoms with Gasteiger partial charge < -0.3 is 4.74 Å². The van der Waals surface area contributed by atoms with E-state index < -0.39 is 107 Å². The van der Waals surface area contributed by atoms with Gasteiger partial charge in [0.2, 0.25) is 0 Å². The van der Waals surface area contributed by atoms with Crippen molar-refractivity contribution >= 4 is 0 Å². The SMILES string of the molecule is Cc1c(F)c(F)c(CC(CF)OC(CF)Cc2c(F)c(F)c(C)c(F)c2F)c(F)c1F. The average Bonchev–Trinajstić information content (AvgIpc) is 2.77. The van der Waals surface area contributed by atoms with Gasteiger partial charge >= 0.3 is 0 Å². The van der Waals surface area contributed by atoms with Crippen molar-refractivity contribution in [2.24, 2.45) is 0 Å². The van der Waals surface area contributed by atoms with Gasteiger partial charge in [0.25, 0.3) is 0 Å². The molecule has 1 nitrogen and oxygen atoms in total. The molecule has 0 saturated carbocycles. The summed E-state index contributed by atoms with van der Waals surface area (Å²) in [6.45, 7) is -1.53. The van der Waals surface area contributed by atoms with Gasteiger partial charge in [0, 0.05) is 35.1 Å². The van der Waals surface area contributed by atoms with Gasteiger partial charge in [-0.05, 0) is 13.8 Å². The molecule has 0 aliphatic heterocycles. The molecule has 0 spiro atoms. The van der Waals surface area contributed by atoms with Gasteiger partial charge in [-0.25, -0.2) is 43.9 Å². The Morgan fingerprint density at radius 1 is 0.516 bits per heavy atom. The molecule has 2 atom stereocenters. The fraction of sp³-hybridized carbons (Fsp3) is 0.400. The quantitative estimate of drug-likeness (QED) is 0.351. The van der Waals surface area contributed by atoms with Crippen LogP contribution in [0.25, 0.3) is 0 Å². The topological polar surface area (TPSA) is 9.23 Å². The highest BCUT2D eigenvalue weighted by molar-refractivity contribution is 5.30. The van der Waals surface area contributed by atoms with E-state index in [9.17, 15) is 43.9 Å². The van der Waals surface area contributed by atoms with Gasteiger partial charge in [-0.3, -0.25) is 0 Å². The Hall–Kier alpha value is -2.30. The fourth-order valence-electron chi connectivity index (χ4n) is 2.94. The molecule has 0 fully saturated rings. The van der Waals surface area contributed by atoms with Crippen LogP contribution in [0.3, 0.4) is 0 Å². The third-order valence-corrected chi connectivity index (χ3v) is 4.74. The molecule has 0 N–H and O–H groups in total. The number of alkyl halides is 2. The van der Waals surface area contributed by atoms with Gasteiger partial charge in [-0.1, -0.05) is 0 Å². The van der Waals surface area contributed by atoms with E-state index in [-0.39, 0.29) is 0 Å². The van der Waals surface area contributed by atoms with Gasteiger partial charge in [0.05, 0.1) is 12.2 Å². The summed E-state index contributed by atoms with van der Waals surface area (Å²) >= 11 is 0. The lowest BCUT2D eigenvalue weighted by Gasteiger charge is -2.23. The van der Waals surface area contributed by atoms with Crippen molar-refractivity contribution in [3.05, 3.63) is 68.8 Å². The molecule has 0 aliphatic carbocycles. The maximum atomic E-state index is 14.0. The number of hydrogen-bond donors (Lipinski definition) is 0. The third-order valence-electron chi connectivity index (χ3n) is 4.74. The minimum Gasteiger partial charge on any atom is -0.369 e. The lowest BCUT2D eigenvalue weighted by molar-refractivity contribution is -0.0345. The second-order valence-corrected chi connectivity index (χ2v) is 6.82. The van der Waals surface area contributed by atoms with Crippen LogP contribution in [0.15, 0.2) is 0 Å². The van der Waals surface area contributed by atoms with Gasteiger partial charge in [0.15, 0.2) is 46.5 Å². The fourth-order valence-corrected chi connectivity index (χ4v) is 2.94.